The van der Waals surface area contributed by atoms with Crippen molar-refractivity contribution in [3.05, 3.63) is 71.8 Å². The molecule has 3 rings (SSSR count). The van der Waals surface area contributed by atoms with Gasteiger partial charge >= 0.3 is 0 Å². The summed E-state index contributed by atoms with van der Waals surface area (Å²) in [6.45, 7) is 2.84. The summed E-state index contributed by atoms with van der Waals surface area (Å²) in [6, 6.07) is 21.4. The molecule has 162 valence electrons. The van der Waals surface area contributed by atoms with Crippen molar-refractivity contribution in [1.82, 2.24) is 15.5 Å². The molecule has 0 radical (unpaired) electrons. The predicted molar refractivity (Wildman–Crippen MR) is 124 cm³/mol. The Morgan fingerprint density at radius 3 is 2.13 bits per heavy atom. The molecule has 0 unspecified atom stereocenters. The minimum Gasteiger partial charge on any atom is -0.353 e. The molecular formula is C26H37N3O. The van der Waals surface area contributed by atoms with Gasteiger partial charge in [-0.15, -0.1) is 0 Å². The van der Waals surface area contributed by atoms with Crippen molar-refractivity contribution in [3.8, 4) is 0 Å². The summed E-state index contributed by atoms with van der Waals surface area (Å²) in [5.41, 5.74) is 2.65. The first-order valence-electron chi connectivity index (χ1n) is 11.2. The van der Waals surface area contributed by atoms with E-state index >= 15 is 0 Å². The van der Waals surface area contributed by atoms with Crippen molar-refractivity contribution in [3.63, 3.8) is 0 Å². The van der Waals surface area contributed by atoms with E-state index in [2.05, 4.69) is 79.0 Å². The number of carbonyl (C=O) groups is 1. The fourth-order valence-corrected chi connectivity index (χ4v) is 5.00. The molecule has 1 saturated carbocycles. The van der Waals surface area contributed by atoms with E-state index in [0.717, 1.165) is 25.7 Å². The van der Waals surface area contributed by atoms with Gasteiger partial charge < -0.3 is 10.6 Å². The van der Waals surface area contributed by atoms with Crippen molar-refractivity contribution in [2.24, 2.45) is 5.92 Å². The molecule has 2 N–H and O–H groups in total. The lowest BCUT2D eigenvalue weighted by molar-refractivity contribution is -0.126. The van der Waals surface area contributed by atoms with Crippen LogP contribution >= 0.6 is 0 Å². The normalized spacial score (nSPS) is 23.7. The van der Waals surface area contributed by atoms with Gasteiger partial charge in [0.15, 0.2) is 0 Å². The highest BCUT2D eigenvalue weighted by Gasteiger charge is 2.39. The molecule has 1 aliphatic rings. The maximum atomic E-state index is 13.2. The van der Waals surface area contributed by atoms with Crippen LogP contribution in [0.2, 0.25) is 0 Å². The van der Waals surface area contributed by atoms with Gasteiger partial charge in [0, 0.05) is 18.1 Å². The molecule has 2 atom stereocenters. The number of hydrogen-bond donors (Lipinski definition) is 2. The first-order chi connectivity index (χ1) is 14.5. The number of amides is 1. The van der Waals surface area contributed by atoms with Crippen LogP contribution in [0.3, 0.4) is 0 Å². The highest BCUT2D eigenvalue weighted by atomic mass is 16.2. The first kappa shape index (κ1) is 22.5. The Kier molecular flexibility index (Phi) is 7.68. The van der Waals surface area contributed by atoms with E-state index < -0.39 is 0 Å². The molecule has 2 aromatic rings. The summed E-state index contributed by atoms with van der Waals surface area (Å²) in [4.78, 5) is 15.6. The number of benzene rings is 2. The zero-order valence-electron chi connectivity index (χ0n) is 18.9. The van der Waals surface area contributed by atoms with E-state index in [1.807, 2.05) is 25.2 Å². The fraction of sp³-hybridized carbons (Fsp3) is 0.500. The molecular weight excluding hydrogens is 370 g/mol. The molecule has 0 bridgehead atoms. The summed E-state index contributed by atoms with van der Waals surface area (Å²) in [7, 11) is 6.27. The third kappa shape index (κ3) is 4.93. The van der Waals surface area contributed by atoms with Crippen molar-refractivity contribution < 1.29 is 4.79 Å². The van der Waals surface area contributed by atoms with Crippen LogP contribution in [0.25, 0.3) is 0 Å². The van der Waals surface area contributed by atoms with E-state index in [4.69, 9.17) is 0 Å². The zero-order chi connectivity index (χ0) is 21.6. The van der Waals surface area contributed by atoms with Gasteiger partial charge in [0.1, 0.15) is 0 Å². The van der Waals surface area contributed by atoms with Crippen molar-refractivity contribution in [2.45, 2.75) is 50.1 Å². The van der Waals surface area contributed by atoms with Crippen LogP contribution in [0.4, 0.5) is 0 Å². The Bertz CT molecular complexity index is 782. The highest BCUT2D eigenvalue weighted by Crippen LogP contribution is 2.41. The zero-order valence-corrected chi connectivity index (χ0v) is 18.9. The van der Waals surface area contributed by atoms with Crippen LogP contribution in [0, 0.1) is 5.92 Å². The van der Waals surface area contributed by atoms with Crippen molar-refractivity contribution in [2.75, 3.05) is 27.7 Å². The lowest BCUT2D eigenvalue weighted by Crippen LogP contribution is -2.50. The first-order valence-corrected chi connectivity index (χ1v) is 11.2. The van der Waals surface area contributed by atoms with Gasteiger partial charge in [0.25, 0.3) is 0 Å². The lowest BCUT2D eigenvalue weighted by Gasteiger charge is -2.46. The summed E-state index contributed by atoms with van der Waals surface area (Å²) < 4.78 is 0. The van der Waals surface area contributed by atoms with Gasteiger partial charge in [-0.3, -0.25) is 9.69 Å². The molecule has 0 aliphatic heterocycles. The molecule has 1 aliphatic carbocycles. The van der Waals surface area contributed by atoms with Gasteiger partial charge in [-0.2, -0.15) is 0 Å². The van der Waals surface area contributed by atoms with Crippen LogP contribution in [0.5, 0.6) is 0 Å². The van der Waals surface area contributed by atoms with Crippen molar-refractivity contribution >= 4 is 5.91 Å². The Morgan fingerprint density at radius 2 is 1.60 bits per heavy atom. The second kappa shape index (κ2) is 10.2. The average molecular weight is 408 g/mol. The number of nitrogens with one attached hydrogen (secondary N) is 2. The molecule has 0 spiro atoms. The molecule has 0 aromatic heterocycles. The molecule has 2 aromatic carbocycles. The Hall–Kier alpha value is -2.17. The van der Waals surface area contributed by atoms with Gasteiger partial charge in [0.2, 0.25) is 5.91 Å². The Labute approximate surface area is 182 Å². The summed E-state index contributed by atoms with van der Waals surface area (Å²) >= 11 is 0. The molecule has 4 nitrogen and oxygen atoms in total. The topological polar surface area (TPSA) is 44.4 Å². The van der Waals surface area contributed by atoms with E-state index in [9.17, 15) is 4.79 Å². The van der Waals surface area contributed by atoms with Crippen LogP contribution in [0.1, 0.15) is 49.7 Å². The number of hydrogen-bond acceptors (Lipinski definition) is 3. The quantitative estimate of drug-likeness (QED) is 0.691. The second-order valence-electron chi connectivity index (χ2n) is 8.94. The Balaban J connectivity index is 1.66. The third-order valence-corrected chi connectivity index (χ3v) is 7.02. The van der Waals surface area contributed by atoms with Crippen LogP contribution in [-0.2, 0) is 10.3 Å². The molecule has 30 heavy (non-hydrogen) atoms. The lowest BCUT2D eigenvalue weighted by atomic mass is 9.74. The van der Waals surface area contributed by atoms with E-state index in [-0.39, 0.29) is 29.3 Å². The SMILES string of the molecule is CNC[C@@H](C(=O)NC1CCC(c2ccccc2)(N(C)C)CC1)[C@@H](C)c1ccccc1. The number of rotatable bonds is 8. The summed E-state index contributed by atoms with van der Waals surface area (Å²) in [5, 5.41) is 6.60. The standard InChI is InChI=1S/C26H37N3O/c1-20(21-11-7-5-8-12-21)24(19-27-2)25(30)28-23-15-17-26(18-16-23,29(3)4)22-13-9-6-10-14-22/h5-14,20,23-24,27H,15-19H2,1-4H3,(H,28,30)/t20-,23?,24+,26?/m0/s1. The fourth-order valence-electron chi connectivity index (χ4n) is 5.00. The molecule has 4 heteroatoms. The van der Waals surface area contributed by atoms with E-state index in [0.29, 0.717) is 6.54 Å². The molecule has 0 saturated heterocycles. The van der Waals surface area contributed by atoms with Crippen molar-refractivity contribution in [1.29, 1.82) is 0 Å². The van der Waals surface area contributed by atoms with Crippen LogP contribution in [0.15, 0.2) is 60.7 Å². The number of nitrogens with zero attached hydrogens (tertiary/aromatic N) is 1. The smallest absolute Gasteiger partial charge is 0.225 e. The minimum absolute atomic E-state index is 0.0597. The second-order valence-corrected chi connectivity index (χ2v) is 8.94. The highest BCUT2D eigenvalue weighted by molar-refractivity contribution is 5.80. The maximum absolute atomic E-state index is 13.2. The largest absolute Gasteiger partial charge is 0.353 e. The monoisotopic (exact) mass is 407 g/mol. The minimum atomic E-state index is -0.0768. The molecule has 0 heterocycles. The third-order valence-electron chi connectivity index (χ3n) is 7.02. The van der Waals surface area contributed by atoms with Crippen LogP contribution in [-0.4, -0.2) is 44.5 Å². The van der Waals surface area contributed by atoms with Gasteiger partial charge in [-0.1, -0.05) is 67.6 Å². The van der Waals surface area contributed by atoms with Crippen LogP contribution < -0.4 is 10.6 Å². The summed E-state index contributed by atoms with van der Waals surface area (Å²) in [5.74, 6) is 0.266. The predicted octanol–water partition coefficient (Wildman–Crippen LogP) is 4.14. The Morgan fingerprint density at radius 1 is 1.03 bits per heavy atom. The van der Waals surface area contributed by atoms with Gasteiger partial charge in [-0.25, -0.2) is 0 Å². The molecule has 1 amide bonds. The maximum Gasteiger partial charge on any atom is 0.225 e. The van der Waals surface area contributed by atoms with Gasteiger partial charge in [-0.05, 0) is 63.9 Å². The summed E-state index contributed by atoms with van der Waals surface area (Å²) in [6.07, 6.45) is 4.12. The number of carbonyl (C=O) groups excluding carboxylic acids is 1. The van der Waals surface area contributed by atoms with E-state index in [1.54, 1.807) is 0 Å². The molecule has 1 fully saturated rings. The van der Waals surface area contributed by atoms with E-state index in [1.165, 1.54) is 11.1 Å². The van der Waals surface area contributed by atoms with Gasteiger partial charge in [0.05, 0.1) is 5.92 Å². The average Bonchev–Trinajstić information content (AvgIpc) is 2.78.